The first kappa shape index (κ1) is 99.4. The van der Waals surface area contributed by atoms with E-state index in [-0.39, 0.29) is 148 Å². The summed E-state index contributed by atoms with van der Waals surface area (Å²) in [6.07, 6.45) is 27.0. The van der Waals surface area contributed by atoms with E-state index in [2.05, 4.69) is 27.7 Å². The molecule has 0 aromatic rings. The van der Waals surface area contributed by atoms with Crippen molar-refractivity contribution in [3.8, 4) is 0 Å². The van der Waals surface area contributed by atoms with Crippen LogP contribution >= 0.6 is 0 Å². The van der Waals surface area contributed by atoms with Crippen LogP contribution in [0.4, 0.5) is 4.79 Å². The van der Waals surface area contributed by atoms with Gasteiger partial charge in [0.15, 0.2) is 12.6 Å². The van der Waals surface area contributed by atoms with Gasteiger partial charge in [-0.25, -0.2) is 4.79 Å². The molecule has 0 amide bonds. The summed E-state index contributed by atoms with van der Waals surface area (Å²) in [6.45, 7) is 43.8. The molecular formula is C86H154O22. The maximum Gasteiger partial charge on any atom is 0.508 e. The minimum atomic E-state index is -0.726. The van der Waals surface area contributed by atoms with Gasteiger partial charge in [0.2, 0.25) is 0 Å². The van der Waals surface area contributed by atoms with Gasteiger partial charge >= 0.3 is 47.9 Å². The summed E-state index contributed by atoms with van der Waals surface area (Å²) >= 11 is 0. The molecule has 5 aliphatic carbocycles. The molecule has 0 aliphatic heterocycles. The lowest BCUT2D eigenvalue weighted by molar-refractivity contribution is -0.200. The summed E-state index contributed by atoms with van der Waals surface area (Å²) in [5.41, 5.74) is -2.55. The van der Waals surface area contributed by atoms with Gasteiger partial charge in [-0.05, 0) is 230 Å². The molecule has 0 bridgehead atoms. The van der Waals surface area contributed by atoms with Crippen LogP contribution in [-0.4, -0.2) is 157 Å². The zero-order valence-corrected chi connectivity index (χ0v) is 71.6. The first-order chi connectivity index (χ1) is 51.0. The van der Waals surface area contributed by atoms with Gasteiger partial charge in [-0.2, -0.15) is 0 Å². The van der Waals surface area contributed by atoms with Crippen molar-refractivity contribution in [2.75, 3.05) is 72.7 Å². The van der Waals surface area contributed by atoms with Crippen molar-refractivity contribution in [1.82, 2.24) is 0 Å². The van der Waals surface area contributed by atoms with Gasteiger partial charge < -0.3 is 66.3 Å². The van der Waals surface area contributed by atoms with Crippen LogP contribution in [0, 0.1) is 69.0 Å². The molecule has 5 aliphatic rings. The largest absolute Gasteiger partial charge is 0.508 e. The Morgan fingerprint density at radius 1 is 0.370 bits per heavy atom. The second-order valence-corrected chi connectivity index (χ2v) is 34.4. The molecule has 5 saturated carbocycles. The van der Waals surface area contributed by atoms with Gasteiger partial charge in [-0.1, -0.05) is 113 Å². The fourth-order valence-corrected chi connectivity index (χ4v) is 13.4. The average molecular weight is 1540 g/mol. The van der Waals surface area contributed by atoms with Gasteiger partial charge in [-0.15, -0.1) is 0 Å². The number of ether oxygens (including phenoxy) is 14. The second kappa shape index (κ2) is 52.6. The fourth-order valence-electron chi connectivity index (χ4n) is 13.4. The Morgan fingerprint density at radius 2 is 0.750 bits per heavy atom. The highest BCUT2D eigenvalue weighted by molar-refractivity contribution is 5.78. The van der Waals surface area contributed by atoms with E-state index in [0.29, 0.717) is 62.9 Å². The van der Waals surface area contributed by atoms with Gasteiger partial charge in [0.05, 0.1) is 64.8 Å². The van der Waals surface area contributed by atoms with E-state index in [1.54, 1.807) is 20.8 Å². The van der Waals surface area contributed by atoms with Crippen LogP contribution in [0.3, 0.4) is 0 Å². The van der Waals surface area contributed by atoms with Crippen molar-refractivity contribution in [1.29, 1.82) is 0 Å². The molecular weight excluding hydrogens is 1380 g/mol. The summed E-state index contributed by atoms with van der Waals surface area (Å²) in [5.74, 6) is -0.600. The van der Waals surface area contributed by atoms with E-state index in [0.717, 1.165) is 129 Å². The van der Waals surface area contributed by atoms with Crippen molar-refractivity contribution >= 4 is 47.9 Å². The van der Waals surface area contributed by atoms with Crippen LogP contribution in [0.2, 0.25) is 0 Å². The van der Waals surface area contributed by atoms with E-state index in [1.807, 2.05) is 96.9 Å². The third kappa shape index (κ3) is 39.2. The standard InChI is InChI=1S/C25H44O5.C22H40O6.C21H36O7.C18H34O4/c1-5-25(3,4)24(27)30-18-17-29-23(26)22-14-10-9-13-21(22)15-16-28-19(2)20-11-7-6-8-12-20;1-6-11-19(25-8-3)28-16-17-12-9-10-13-18(17)20(23)26-14-15-27-21(24)22(4,5)7-2;1-7-21(5,6)18(23)26-13-12-25-17(22)16-11-9-8-10-15(16)14-27-19(24)28-20(2,3)4;1-7-18(5,6)17(19)22-15-11-9-14(10-12-15)21-16(13(3)4)20-8-2/h19-22H,5-18H2,1-4H3;17-19H,6-16H2,1-5H3;15-16H,7-14H2,1-6H3;13-16H,7-12H2,1-6H3. The quantitative estimate of drug-likeness (QED) is 0.0239. The molecule has 5 fully saturated rings. The van der Waals surface area contributed by atoms with E-state index >= 15 is 0 Å². The normalized spacial score (nSPS) is 22.4. The third-order valence-corrected chi connectivity index (χ3v) is 22.5. The average Bonchev–Trinajstić information content (AvgIpc) is 0.872. The fraction of sp³-hybridized carbons (Fsp3) is 0.907. The van der Waals surface area contributed by atoms with Crippen LogP contribution < -0.4 is 0 Å². The van der Waals surface area contributed by atoms with Crippen molar-refractivity contribution in [3.63, 3.8) is 0 Å². The van der Waals surface area contributed by atoms with Gasteiger partial charge in [0.25, 0.3) is 0 Å². The number of rotatable bonds is 40. The second-order valence-electron chi connectivity index (χ2n) is 34.4. The summed E-state index contributed by atoms with van der Waals surface area (Å²) in [4.78, 5) is 97.4. The van der Waals surface area contributed by atoms with Crippen LogP contribution in [0.15, 0.2) is 0 Å². The van der Waals surface area contributed by atoms with Gasteiger partial charge in [0.1, 0.15) is 51.3 Å². The van der Waals surface area contributed by atoms with Crippen LogP contribution in [-0.2, 0) is 99.9 Å². The Labute approximate surface area is 653 Å². The lowest BCUT2D eigenvalue weighted by Crippen LogP contribution is -2.36. The monoisotopic (exact) mass is 1540 g/mol. The Bertz CT molecular complexity index is 2520. The van der Waals surface area contributed by atoms with E-state index in [4.69, 9.17) is 66.3 Å². The van der Waals surface area contributed by atoms with Crippen LogP contribution in [0.1, 0.15) is 325 Å². The molecule has 0 saturated heterocycles. The zero-order chi connectivity index (χ0) is 81.1. The van der Waals surface area contributed by atoms with Gasteiger partial charge in [0, 0.05) is 31.7 Å². The minimum absolute atomic E-state index is 0.0283. The summed E-state index contributed by atoms with van der Waals surface area (Å²) in [6, 6.07) is 0. The first-order valence-electron chi connectivity index (χ1n) is 42.2. The molecule has 108 heavy (non-hydrogen) atoms. The number of hydrogen-bond acceptors (Lipinski definition) is 22. The smallest absolute Gasteiger partial charge is 0.462 e. The number of carbonyl (C=O) groups excluding carboxylic acids is 8. The zero-order valence-electron chi connectivity index (χ0n) is 71.6. The van der Waals surface area contributed by atoms with Crippen molar-refractivity contribution < 1.29 is 105 Å². The number of carbonyl (C=O) groups is 8. The highest BCUT2D eigenvalue weighted by Gasteiger charge is 2.39. The lowest BCUT2D eigenvalue weighted by atomic mass is 9.77. The molecule has 0 radical (unpaired) electrons. The van der Waals surface area contributed by atoms with Crippen LogP contribution in [0.5, 0.6) is 0 Å². The van der Waals surface area contributed by atoms with Crippen molar-refractivity contribution in [3.05, 3.63) is 0 Å². The molecule has 22 heteroatoms. The Balaban J connectivity index is 0.000000492. The van der Waals surface area contributed by atoms with E-state index < -0.39 is 28.0 Å². The van der Waals surface area contributed by atoms with Crippen molar-refractivity contribution in [2.45, 2.75) is 362 Å². The molecule has 630 valence electrons. The summed E-state index contributed by atoms with van der Waals surface area (Å²) < 4.78 is 77.4. The molecule has 0 aromatic carbocycles. The Hall–Kier alpha value is -4.64. The van der Waals surface area contributed by atoms with Gasteiger partial charge in [-0.3, -0.25) is 33.6 Å². The van der Waals surface area contributed by atoms with Crippen LogP contribution in [0.25, 0.3) is 0 Å². The minimum Gasteiger partial charge on any atom is -0.462 e. The SMILES string of the molecule is CCC(C)(C)C(=O)OCCOC(=O)C1CCCCC1CCOC(C)C1CCCCC1.CCC(C)(C)C(=O)OCCOC(=O)C1CCCCC1COC(=O)OC(C)(C)C.CCCC(OCC)OCC1CCCCC1C(=O)OCCOC(=O)C(C)(C)CC.CCOC(OC1CCC(OC(=O)C(C)(C)CC)CC1)C(C)C. The van der Waals surface area contributed by atoms with E-state index in [1.165, 1.54) is 38.5 Å². The lowest BCUT2D eigenvalue weighted by Gasteiger charge is -2.33. The highest BCUT2D eigenvalue weighted by Crippen LogP contribution is 2.37. The maximum absolute atomic E-state index is 12.6. The number of esters is 7. The number of hydrogen-bond donors (Lipinski definition) is 0. The summed E-state index contributed by atoms with van der Waals surface area (Å²) in [7, 11) is 0. The predicted octanol–water partition coefficient (Wildman–Crippen LogP) is 18.8. The topological polar surface area (TPSA) is 266 Å². The molecule has 5 rings (SSSR count). The molecule has 9 atom stereocenters. The molecule has 0 N–H and O–H groups in total. The molecule has 9 unspecified atom stereocenters. The predicted molar refractivity (Wildman–Crippen MR) is 417 cm³/mol. The Morgan fingerprint density at radius 3 is 1.16 bits per heavy atom. The maximum atomic E-state index is 12.6. The molecule has 0 aromatic heterocycles. The highest BCUT2D eigenvalue weighted by atomic mass is 16.7. The molecule has 0 heterocycles. The summed E-state index contributed by atoms with van der Waals surface area (Å²) in [5, 5.41) is 0. The molecule has 0 spiro atoms. The van der Waals surface area contributed by atoms with Crippen molar-refractivity contribution in [2.24, 2.45) is 69.0 Å². The Kier molecular flexibility index (Phi) is 48.5. The van der Waals surface area contributed by atoms with E-state index in [9.17, 15) is 38.4 Å². The third-order valence-electron chi connectivity index (χ3n) is 22.5. The first-order valence-corrected chi connectivity index (χ1v) is 42.2. The molecule has 22 nitrogen and oxygen atoms in total.